The Bertz CT molecular complexity index is 1630. The van der Waals surface area contributed by atoms with E-state index in [0.717, 1.165) is 22.3 Å². The van der Waals surface area contributed by atoms with Crippen LogP contribution < -0.4 is 5.32 Å². The SMILES string of the molecule is CC(C)(C)OC(=O)N1[C@@H](Cc2ccccc2)[C@H](C[C@]2(Cc3ccc(O)cc3)NC=C(C3c4ccccc4C[C@H]3O)C2=O)OC1(C)C. The average molecular weight is 625 g/mol. The molecule has 1 fully saturated rings. The van der Waals surface area contributed by atoms with E-state index in [1.807, 2.05) is 101 Å². The summed E-state index contributed by atoms with van der Waals surface area (Å²) >= 11 is 0. The maximum absolute atomic E-state index is 14.8. The summed E-state index contributed by atoms with van der Waals surface area (Å²) in [6, 6.07) is 24.3. The minimum atomic E-state index is -1.12. The molecule has 2 heterocycles. The summed E-state index contributed by atoms with van der Waals surface area (Å²) in [5.74, 6) is -0.404. The Morgan fingerprint density at radius 3 is 2.37 bits per heavy atom. The third kappa shape index (κ3) is 6.16. The summed E-state index contributed by atoms with van der Waals surface area (Å²) in [7, 11) is 0. The average Bonchev–Trinajstić information content (AvgIpc) is 3.56. The molecule has 3 aliphatic rings. The van der Waals surface area contributed by atoms with Crippen LogP contribution in [0.1, 0.15) is 69.2 Å². The fraction of sp³-hybridized carbons (Fsp3) is 0.421. The molecule has 1 unspecified atom stereocenters. The number of Topliss-reactive ketones (excluding diaryl/α,β-unsaturated/α-hetero) is 1. The fourth-order valence-electron chi connectivity index (χ4n) is 7.46. The number of hydrogen-bond acceptors (Lipinski definition) is 7. The van der Waals surface area contributed by atoms with Crippen molar-refractivity contribution in [2.75, 3.05) is 0 Å². The van der Waals surface area contributed by atoms with Crippen molar-refractivity contribution >= 4 is 11.9 Å². The van der Waals surface area contributed by atoms with Crippen LogP contribution in [0.3, 0.4) is 0 Å². The number of ether oxygens (including phenoxy) is 2. The zero-order chi connectivity index (χ0) is 32.9. The van der Waals surface area contributed by atoms with Gasteiger partial charge in [-0.1, -0.05) is 66.7 Å². The van der Waals surface area contributed by atoms with Crippen LogP contribution in [0.25, 0.3) is 0 Å². The second kappa shape index (κ2) is 11.9. The zero-order valence-corrected chi connectivity index (χ0v) is 27.2. The smallest absolute Gasteiger partial charge is 0.412 e. The monoisotopic (exact) mass is 624 g/mol. The summed E-state index contributed by atoms with van der Waals surface area (Å²) < 4.78 is 12.6. The number of amides is 1. The minimum absolute atomic E-state index is 0.100. The van der Waals surface area contributed by atoms with Crippen LogP contribution in [0, 0.1) is 0 Å². The van der Waals surface area contributed by atoms with Crippen LogP contribution in [0.4, 0.5) is 4.79 Å². The molecule has 5 atom stereocenters. The predicted octanol–water partition coefficient (Wildman–Crippen LogP) is 5.80. The molecular weight excluding hydrogens is 580 g/mol. The molecule has 1 saturated heterocycles. The molecule has 0 aromatic heterocycles. The van der Waals surface area contributed by atoms with Crippen LogP contribution >= 0.6 is 0 Å². The van der Waals surface area contributed by atoms with Crippen molar-refractivity contribution in [3.8, 4) is 5.75 Å². The van der Waals surface area contributed by atoms with Gasteiger partial charge in [0.15, 0.2) is 5.78 Å². The molecule has 0 saturated carbocycles. The number of nitrogens with zero attached hydrogens (tertiary/aromatic N) is 1. The number of aliphatic hydroxyl groups is 1. The van der Waals surface area contributed by atoms with E-state index in [4.69, 9.17) is 9.47 Å². The minimum Gasteiger partial charge on any atom is -0.508 e. The normalized spacial score (nSPS) is 26.9. The molecular formula is C38H44N2O6. The molecule has 0 radical (unpaired) electrons. The Balaban J connectivity index is 1.38. The Morgan fingerprint density at radius 1 is 1.00 bits per heavy atom. The number of rotatable bonds is 7. The topological polar surface area (TPSA) is 108 Å². The van der Waals surface area contributed by atoms with Gasteiger partial charge in [0.2, 0.25) is 0 Å². The van der Waals surface area contributed by atoms with Crippen LogP contribution in [-0.2, 0) is 33.5 Å². The van der Waals surface area contributed by atoms with Gasteiger partial charge in [0.1, 0.15) is 22.6 Å². The molecule has 3 aromatic rings. The van der Waals surface area contributed by atoms with E-state index in [1.54, 1.807) is 23.2 Å². The summed E-state index contributed by atoms with van der Waals surface area (Å²) in [6.07, 6.45) is 1.63. The molecule has 46 heavy (non-hydrogen) atoms. The van der Waals surface area contributed by atoms with Crippen molar-refractivity contribution in [1.82, 2.24) is 10.2 Å². The number of carbonyl (C=O) groups excluding carboxylic acids is 2. The van der Waals surface area contributed by atoms with Crippen molar-refractivity contribution in [2.45, 2.75) is 101 Å². The highest BCUT2D eigenvalue weighted by Crippen LogP contribution is 2.45. The summed E-state index contributed by atoms with van der Waals surface area (Å²) in [5, 5.41) is 24.7. The highest BCUT2D eigenvalue weighted by atomic mass is 16.6. The third-order valence-corrected chi connectivity index (χ3v) is 9.39. The molecule has 2 aliphatic heterocycles. The van der Waals surface area contributed by atoms with Crippen molar-refractivity contribution in [2.24, 2.45) is 0 Å². The Hall–Kier alpha value is -4.14. The van der Waals surface area contributed by atoms with Gasteiger partial charge in [-0.2, -0.15) is 0 Å². The predicted molar refractivity (Wildman–Crippen MR) is 175 cm³/mol. The first-order valence-electron chi connectivity index (χ1n) is 16.1. The summed E-state index contributed by atoms with van der Waals surface area (Å²) in [5.41, 5.74) is 1.61. The van der Waals surface area contributed by atoms with Crippen molar-refractivity contribution in [1.29, 1.82) is 0 Å². The third-order valence-electron chi connectivity index (χ3n) is 9.39. The number of aliphatic hydroxyl groups excluding tert-OH is 1. The van der Waals surface area contributed by atoms with Gasteiger partial charge in [-0.25, -0.2) is 4.79 Å². The van der Waals surface area contributed by atoms with E-state index < -0.39 is 47.1 Å². The van der Waals surface area contributed by atoms with Gasteiger partial charge in [0, 0.05) is 30.5 Å². The molecule has 1 amide bonds. The van der Waals surface area contributed by atoms with Crippen LogP contribution in [0.5, 0.6) is 5.75 Å². The Morgan fingerprint density at radius 2 is 1.67 bits per heavy atom. The van der Waals surface area contributed by atoms with Gasteiger partial charge in [0.05, 0.1) is 18.2 Å². The number of benzene rings is 3. The standard InChI is InChI=1S/C38H44N2O6/c1-36(2,3)46-35(44)40-30(19-24-11-7-6-8-12-24)32(45-37(40,4)5)22-38(21-25-15-17-27(41)18-16-25)34(43)29(23-39-38)33-28-14-10-9-13-26(28)20-31(33)42/h6-18,23,30-33,39,41-42H,19-22H2,1-5H3/t30-,31+,32-,33?,38-/m0/s1. The first-order chi connectivity index (χ1) is 21.8. The quantitative estimate of drug-likeness (QED) is 0.305. The van der Waals surface area contributed by atoms with E-state index >= 15 is 0 Å². The summed E-state index contributed by atoms with van der Waals surface area (Å²) in [6.45, 7) is 9.25. The highest BCUT2D eigenvalue weighted by Gasteiger charge is 2.56. The number of ketones is 1. The first-order valence-corrected chi connectivity index (χ1v) is 16.1. The molecule has 6 rings (SSSR count). The number of nitrogens with one attached hydrogen (secondary N) is 1. The van der Waals surface area contributed by atoms with Gasteiger partial charge in [-0.15, -0.1) is 0 Å². The van der Waals surface area contributed by atoms with Crippen LogP contribution in [0.15, 0.2) is 90.6 Å². The highest BCUT2D eigenvalue weighted by molar-refractivity contribution is 6.06. The lowest BCUT2D eigenvalue weighted by Gasteiger charge is -2.36. The number of fused-ring (bicyclic) bond motifs is 1. The van der Waals surface area contributed by atoms with Gasteiger partial charge < -0.3 is 25.0 Å². The van der Waals surface area contributed by atoms with Crippen molar-refractivity contribution in [3.05, 3.63) is 113 Å². The van der Waals surface area contributed by atoms with E-state index in [9.17, 15) is 19.8 Å². The van der Waals surface area contributed by atoms with Crippen LogP contribution in [0.2, 0.25) is 0 Å². The van der Waals surface area contributed by atoms with E-state index in [1.165, 1.54) is 0 Å². The number of carbonyl (C=O) groups is 2. The second-order valence-corrected chi connectivity index (χ2v) is 14.4. The number of aromatic hydroxyl groups is 1. The lowest BCUT2D eigenvalue weighted by atomic mass is 9.76. The Labute approximate surface area is 271 Å². The second-order valence-electron chi connectivity index (χ2n) is 14.4. The van der Waals surface area contributed by atoms with Gasteiger partial charge in [-0.3, -0.25) is 9.69 Å². The number of hydrogen-bond donors (Lipinski definition) is 3. The maximum Gasteiger partial charge on any atom is 0.412 e. The fourth-order valence-corrected chi connectivity index (χ4v) is 7.46. The van der Waals surface area contributed by atoms with Crippen LogP contribution in [-0.4, -0.2) is 62.1 Å². The van der Waals surface area contributed by atoms with Gasteiger partial charge in [0.25, 0.3) is 0 Å². The zero-order valence-electron chi connectivity index (χ0n) is 27.2. The molecule has 242 valence electrons. The van der Waals surface area contributed by atoms with Gasteiger partial charge in [-0.05, 0) is 81.8 Å². The largest absolute Gasteiger partial charge is 0.508 e. The maximum atomic E-state index is 14.8. The number of phenolic OH excluding ortho intramolecular Hbond substituents is 1. The first kappa shape index (κ1) is 31.8. The molecule has 0 bridgehead atoms. The molecule has 0 spiro atoms. The molecule has 3 N–H and O–H groups in total. The van der Waals surface area contributed by atoms with E-state index in [-0.39, 0.29) is 18.0 Å². The molecule has 1 aliphatic carbocycles. The van der Waals surface area contributed by atoms with E-state index in [2.05, 4.69) is 5.32 Å². The van der Waals surface area contributed by atoms with Crippen molar-refractivity contribution < 1.29 is 29.3 Å². The van der Waals surface area contributed by atoms with Gasteiger partial charge >= 0.3 is 6.09 Å². The Kier molecular flexibility index (Phi) is 8.23. The molecule has 8 nitrogen and oxygen atoms in total. The lowest BCUT2D eigenvalue weighted by Crippen LogP contribution is -2.54. The summed E-state index contributed by atoms with van der Waals surface area (Å²) in [4.78, 5) is 30.3. The van der Waals surface area contributed by atoms with Crippen molar-refractivity contribution in [3.63, 3.8) is 0 Å². The van der Waals surface area contributed by atoms with E-state index in [0.29, 0.717) is 24.8 Å². The molecule has 3 aromatic carbocycles. The number of phenols is 1. The lowest BCUT2D eigenvalue weighted by molar-refractivity contribution is -0.124. The molecule has 8 heteroatoms.